The van der Waals surface area contributed by atoms with Gasteiger partial charge in [0.25, 0.3) is 0 Å². The molecule has 0 aliphatic rings. The number of amides is 3. The molecule has 1 unspecified atom stereocenters. The summed E-state index contributed by atoms with van der Waals surface area (Å²) in [6, 6.07) is -3.98. The molecule has 3 amide bonds. The maximum atomic E-state index is 12.2. The molecular formula is C16H28N6O7. The van der Waals surface area contributed by atoms with Gasteiger partial charge in [-0.25, -0.2) is 9.59 Å². The van der Waals surface area contributed by atoms with Gasteiger partial charge in [0.1, 0.15) is 6.04 Å². The van der Waals surface area contributed by atoms with Crippen LogP contribution in [-0.4, -0.2) is 68.7 Å². The number of hydrogen-bond acceptors (Lipinski definition) is 9. The number of nitrogens with zero attached hydrogens (tertiary/aromatic N) is 2. The quantitative estimate of drug-likeness (QED) is 0.197. The van der Waals surface area contributed by atoms with Gasteiger partial charge < -0.3 is 41.5 Å². The van der Waals surface area contributed by atoms with E-state index >= 15 is 0 Å². The molecule has 1 aromatic rings. The number of carboxylic acids is 1. The molecule has 4 atom stereocenters. The fourth-order valence-electron chi connectivity index (χ4n) is 2.35. The summed E-state index contributed by atoms with van der Waals surface area (Å²) in [6.07, 6.45) is 0.206. The highest BCUT2D eigenvalue weighted by Gasteiger charge is 2.28. The minimum Gasteiger partial charge on any atom is -0.480 e. The maximum absolute atomic E-state index is 12.2. The lowest BCUT2D eigenvalue weighted by Crippen LogP contribution is -2.51. The predicted molar refractivity (Wildman–Crippen MR) is 98.4 cm³/mol. The predicted octanol–water partition coefficient (Wildman–Crippen LogP) is -1.46. The summed E-state index contributed by atoms with van der Waals surface area (Å²) in [6.45, 7) is 2.68. The van der Waals surface area contributed by atoms with Crippen LogP contribution >= 0.6 is 0 Å². The third-order valence-electron chi connectivity index (χ3n) is 3.92. The summed E-state index contributed by atoms with van der Waals surface area (Å²) in [5.74, 6) is -1.46. The molecule has 0 radical (unpaired) electrons. The Bertz CT molecular complexity index is 680. The smallest absolute Gasteiger partial charge is 0.328 e. The van der Waals surface area contributed by atoms with Gasteiger partial charge in [-0.3, -0.25) is 4.79 Å². The van der Waals surface area contributed by atoms with Crippen LogP contribution in [0.3, 0.4) is 0 Å². The Morgan fingerprint density at radius 1 is 1.24 bits per heavy atom. The second-order valence-corrected chi connectivity index (χ2v) is 6.49. The number of hydrogen-bond donors (Lipinski definition) is 7. The van der Waals surface area contributed by atoms with Gasteiger partial charge in [0.2, 0.25) is 11.8 Å². The first-order chi connectivity index (χ1) is 13.6. The molecule has 0 saturated heterocycles. The number of carbonyl (C=O) groups excluding carboxylic acids is 2. The number of rotatable bonds is 12. The fraction of sp³-hybridized carbons (Fsp3) is 0.688. The van der Waals surface area contributed by atoms with Crippen LogP contribution in [0, 0.1) is 0 Å². The lowest BCUT2D eigenvalue weighted by atomic mass is 10.1. The van der Waals surface area contributed by atoms with Crippen LogP contribution in [0.1, 0.15) is 56.9 Å². The third kappa shape index (κ3) is 8.41. The summed E-state index contributed by atoms with van der Waals surface area (Å²) >= 11 is 0. The molecule has 8 N–H and O–H groups in total. The van der Waals surface area contributed by atoms with E-state index in [0.717, 1.165) is 0 Å². The molecule has 1 rings (SSSR count). The number of nitrogens with one attached hydrogen (secondary N) is 3. The van der Waals surface area contributed by atoms with Crippen LogP contribution in [0.4, 0.5) is 4.79 Å². The average Bonchev–Trinajstić information content (AvgIpc) is 3.13. The number of unbranched alkanes of at least 4 members (excludes halogenated alkanes) is 1. The number of carboxylic acid groups (broad SMARTS) is 1. The Morgan fingerprint density at radius 2 is 1.93 bits per heavy atom. The van der Waals surface area contributed by atoms with E-state index in [0.29, 0.717) is 25.8 Å². The highest BCUT2D eigenvalue weighted by molar-refractivity contribution is 5.83. The van der Waals surface area contributed by atoms with Crippen LogP contribution in [0.2, 0.25) is 0 Å². The van der Waals surface area contributed by atoms with Crippen LogP contribution in [-0.2, 0) is 9.59 Å². The molecule has 29 heavy (non-hydrogen) atoms. The van der Waals surface area contributed by atoms with E-state index in [2.05, 4.69) is 26.1 Å². The summed E-state index contributed by atoms with van der Waals surface area (Å²) in [4.78, 5) is 38.3. The van der Waals surface area contributed by atoms with Gasteiger partial charge >= 0.3 is 12.0 Å². The number of carbonyl (C=O) groups is 3. The van der Waals surface area contributed by atoms with Gasteiger partial charge in [0, 0.05) is 13.5 Å². The average molecular weight is 416 g/mol. The van der Waals surface area contributed by atoms with E-state index in [1.165, 1.54) is 13.8 Å². The van der Waals surface area contributed by atoms with Gasteiger partial charge in [-0.15, -0.1) is 0 Å². The second-order valence-electron chi connectivity index (χ2n) is 6.49. The zero-order valence-corrected chi connectivity index (χ0v) is 16.3. The molecule has 0 saturated carbocycles. The van der Waals surface area contributed by atoms with E-state index in [4.69, 9.17) is 20.5 Å². The normalized spacial score (nSPS) is 15.1. The summed E-state index contributed by atoms with van der Waals surface area (Å²) in [5, 5.41) is 38.6. The van der Waals surface area contributed by atoms with E-state index in [-0.39, 0.29) is 17.6 Å². The third-order valence-corrected chi connectivity index (χ3v) is 3.92. The summed E-state index contributed by atoms with van der Waals surface area (Å²) < 4.78 is 5.12. The Kier molecular flexibility index (Phi) is 9.99. The lowest BCUT2D eigenvalue weighted by molar-refractivity contribution is -0.141. The number of aliphatic hydroxyl groups is 2. The van der Waals surface area contributed by atoms with Crippen molar-refractivity contribution in [2.45, 2.75) is 57.3 Å². The first-order valence-electron chi connectivity index (χ1n) is 9.08. The summed E-state index contributed by atoms with van der Waals surface area (Å²) in [5.41, 5.74) is 5.64. The van der Waals surface area contributed by atoms with Gasteiger partial charge in [-0.2, -0.15) is 4.98 Å². The number of nitrogens with two attached hydrogens (primary N) is 1. The minimum absolute atomic E-state index is 0.0301. The van der Waals surface area contributed by atoms with Crippen molar-refractivity contribution in [2.75, 3.05) is 13.2 Å². The van der Waals surface area contributed by atoms with Crippen molar-refractivity contribution in [1.82, 2.24) is 26.1 Å². The largest absolute Gasteiger partial charge is 0.480 e. The van der Waals surface area contributed by atoms with Crippen LogP contribution in [0.5, 0.6) is 0 Å². The highest BCUT2D eigenvalue weighted by atomic mass is 16.5. The molecule has 0 bridgehead atoms. The Morgan fingerprint density at radius 3 is 2.48 bits per heavy atom. The number of aromatic nitrogens is 2. The topological polar surface area (TPSA) is 213 Å². The second kappa shape index (κ2) is 11.9. The Balaban J connectivity index is 2.81. The molecular weight excluding hydrogens is 388 g/mol. The van der Waals surface area contributed by atoms with Crippen molar-refractivity contribution in [1.29, 1.82) is 0 Å². The number of aliphatic hydroxyl groups excluding tert-OH is 2. The zero-order valence-electron chi connectivity index (χ0n) is 16.3. The monoisotopic (exact) mass is 416 g/mol. The van der Waals surface area contributed by atoms with Crippen LogP contribution < -0.4 is 21.7 Å². The Labute approximate surface area is 167 Å². The van der Waals surface area contributed by atoms with Crippen molar-refractivity contribution in [3.63, 3.8) is 0 Å². The van der Waals surface area contributed by atoms with Gasteiger partial charge in [0.05, 0.1) is 18.8 Å². The lowest BCUT2D eigenvalue weighted by Gasteiger charge is -2.20. The molecule has 0 aliphatic heterocycles. The minimum atomic E-state index is -1.50. The highest BCUT2D eigenvalue weighted by Crippen LogP contribution is 2.19. The molecule has 1 heterocycles. The Hall–Kier alpha value is -2.77. The van der Waals surface area contributed by atoms with Crippen molar-refractivity contribution >= 4 is 17.9 Å². The molecule has 13 nitrogen and oxygen atoms in total. The molecule has 0 aliphatic carbocycles. The molecule has 1 aromatic heterocycles. The van der Waals surface area contributed by atoms with Gasteiger partial charge in [0.15, 0.2) is 11.9 Å². The summed E-state index contributed by atoms with van der Waals surface area (Å²) in [7, 11) is 0. The maximum Gasteiger partial charge on any atom is 0.328 e. The van der Waals surface area contributed by atoms with Crippen molar-refractivity contribution in [2.24, 2.45) is 5.73 Å². The van der Waals surface area contributed by atoms with Crippen molar-refractivity contribution < 1.29 is 34.2 Å². The molecule has 0 spiro atoms. The van der Waals surface area contributed by atoms with Crippen molar-refractivity contribution in [3.8, 4) is 0 Å². The van der Waals surface area contributed by atoms with E-state index in [1.807, 2.05) is 0 Å². The van der Waals surface area contributed by atoms with Crippen LogP contribution in [0.15, 0.2) is 4.52 Å². The van der Waals surface area contributed by atoms with Gasteiger partial charge in [-0.1, -0.05) is 5.16 Å². The molecule has 164 valence electrons. The first-order valence-corrected chi connectivity index (χ1v) is 9.08. The van der Waals surface area contributed by atoms with Gasteiger partial charge in [-0.05, 0) is 26.2 Å². The molecule has 0 aromatic carbocycles. The number of aliphatic carboxylic acids is 1. The SMILES string of the molecule is CC(=O)NCCCC[C@@H](NC(=O)N[C@H](C(=O)O)C(C)O)c1nc([C@@H](N)CO)no1. The van der Waals surface area contributed by atoms with E-state index < -0.39 is 42.8 Å². The molecule has 0 fully saturated rings. The van der Waals surface area contributed by atoms with E-state index in [1.54, 1.807) is 0 Å². The zero-order chi connectivity index (χ0) is 22.0. The standard InChI is InChI=1S/C16H28N6O7/c1-8(24)12(15(26)27)20-16(28)19-11(5-3-4-6-18-9(2)25)14-21-13(22-29-14)10(17)7-23/h8,10-12,23-24H,3-7,17H2,1-2H3,(H,18,25)(H,26,27)(H2,19,20,28)/t8?,10-,11+,12-/m0/s1. The first kappa shape index (κ1) is 24.3. The van der Waals surface area contributed by atoms with Crippen LogP contribution in [0.25, 0.3) is 0 Å². The van der Waals surface area contributed by atoms with Crippen molar-refractivity contribution in [3.05, 3.63) is 11.7 Å². The fourth-order valence-corrected chi connectivity index (χ4v) is 2.35. The number of urea groups is 1. The van der Waals surface area contributed by atoms with E-state index in [9.17, 15) is 19.5 Å². The molecule has 13 heteroatoms.